The summed E-state index contributed by atoms with van der Waals surface area (Å²) in [4.78, 5) is 14.5. The van der Waals surface area contributed by atoms with E-state index in [4.69, 9.17) is 0 Å². The molecule has 1 N–H and O–H groups in total. The molecular weight excluding hydrogens is 451 g/mol. The number of hydrogen-bond acceptors (Lipinski definition) is 4. The Kier molecular flexibility index (Phi) is 5.63. The smallest absolute Gasteiger partial charge is 0.246 e. The lowest BCUT2D eigenvalue weighted by Crippen LogP contribution is -2.44. The molecule has 0 radical (unpaired) electrons. The molecule has 1 aliphatic rings. The average molecular weight is 470 g/mol. The number of carbonyl (C=O) groups excluding carboxylic acids is 1. The van der Waals surface area contributed by atoms with Crippen molar-refractivity contribution in [2.45, 2.75) is 12.5 Å². The van der Waals surface area contributed by atoms with E-state index in [0.29, 0.717) is 6.42 Å². The Balaban J connectivity index is 1.76. The van der Waals surface area contributed by atoms with Crippen molar-refractivity contribution >= 4 is 49.7 Å². The molecule has 2 aromatic rings. The van der Waals surface area contributed by atoms with Gasteiger partial charge in [-0.2, -0.15) is 0 Å². The summed E-state index contributed by atoms with van der Waals surface area (Å²) in [7, 11) is -3.07. The summed E-state index contributed by atoms with van der Waals surface area (Å²) in [6.45, 7) is 0.117. The number of carbonyl (C=O) groups is 1. The molecule has 5 nitrogen and oxygen atoms in total. The first-order valence-electron chi connectivity index (χ1n) is 8.01. The summed E-state index contributed by atoms with van der Waals surface area (Å²) in [6, 6.07) is 16.7. The molecular formula is C18H19IN2O3S. The SMILES string of the molecule is O=C(CNc1ccc(I)cc1)N(c1ccccc1)C1CCS(=O)(=O)C1. The molecule has 0 saturated carbocycles. The van der Waals surface area contributed by atoms with Crippen molar-refractivity contribution in [2.24, 2.45) is 0 Å². The zero-order valence-corrected chi connectivity index (χ0v) is 16.5. The number of anilines is 2. The van der Waals surface area contributed by atoms with Gasteiger partial charge in [0.05, 0.1) is 24.1 Å². The third-order valence-corrected chi connectivity index (χ3v) is 6.63. The Morgan fingerprint density at radius 2 is 1.80 bits per heavy atom. The molecule has 132 valence electrons. The molecule has 2 aromatic carbocycles. The van der Waals surface area contributed by atoms with Gasteiger partial charge in [-0.15, -0.1) is 0 Å². The van der Waals surface area contributed by atoms with Crippen LogP contribution in [0, 0.1) is 3.57 Å². The molecule has 1 aliphatic heterocycles. The minimum absolute atomic E-state index is 0.0250. The van der Waals surface area contributed by atoms with Crippen molar-refractivity contribution in [3.05, 3.63) is 58.2 Å². The molecule has 1 amide bonds. The fourth-order valence-corrected chi connectivity index (χ4v) is 5.02. The maximum absolute atomic E-state index is 12.8. The third-order valence-electron chi connectivity index (χ3n) is 4.16. The van der Waals surface area contributed by atoms with E-state index in [2.05, 4.69) is 27.9 Å². The van der Waals surface area contributed by atoms with Crippen LogP contribution >= 0.6 is 22.6 Å². The summed E-state index contributed by atoms with van der Waals surface area (Å²) >= 11 is 2.23. The van der Waals surface area contributed by atoms with E-state index in [-0.39, 0.29) is 30.0 Å². The van der Waals surface area contributed by atoms with Crippen molar-refractivity contribution in [3.8, 4) is 0 Å². The van der Waals surface area contributed by atoms with Crippen LogP contribution in [-0.2, 0) is 14.6 Å². The van der Waals surface area contributed by atoms with Gasteiger partial charge in [-0.05, 0) is 65.4 Å². The van der Waals surface area contributed by atoms with Crippen LogP contribution in [-0.4, -0.2) is 38.4 Å². The molecule has 25 heavy (non-hydrogen) atoms. The monoisotopic (exact) mass is 470 g/mol. The van der Waals surface area contributed by atoms with Gasteiger partial charge in [0.15, 0.2) is 9.84 Å². The second-order valence-electron chi connectivity index (χ2n) is 6.02. The second kappa shape index (κ2) is 7.74. The molecule has 1 fully saturated rings. The number of hydrogen-bond donors (Lipinski definition) is 1. The minimum Gasteiger partial charge on any atom is -0.376 e. The average Bonchev–Trinajstić information content (AvgIpc) is 2.95. The highest BCUT2D eigenvalue weighted by Gasteiger charge is 2.35. The van der Waals surface area contributed by atoms with Crippen molar-refractivity contribution in [1.29, 1.82) is 0 Å². The lowest BCUT2D eigenvalue weighted by Gasteiger charge is -2.28. The molecule has 0 spiro atoms. The van der Waals surface area contributed by atoms with Gasteiger partial charge in [0, 0.05) is 14.9 Å². The topological polar surface area (TPSA) is 66.5 Å². The fourth-order valence-electron chi connectivity index (χ4n) is 2.96. The Morgan fingerprint density at radius 3 is 2.40 bits per heavy atom. The lowest BCUT2D eigenvalue weighted by molar-refractivity contribution is -0.117. The van der Waals surface area contributed by atoms with Crippen molar-refractivity contribution in [2.75, 3.05) is 28.3 Å². The number of rotatable bonds is 5. The van der Waals surface area contributed by atoms with E-state index in [1.54, 1.807) is 4.90 Å². The maximum Gasteiger partial charge on any atom is 0.246 e. The Labute approximate surface area is 161 Å². The van der Waals surface area contributed by atoms with Gasteiger partial charge in [-0.1, -0.05) is 18.2 Å². The first-order valence-corrected chi connectivity index (χ1v) is 10.9. The summed E-state index contributed by atoms with van der Waals surface area (Å²) in [5.41, 5.74) is 1.60. The second-order valence-corrected chi connectivity index (χ2v) is 9.49. The molecule has 3 rings (SSSR count). The third kappa shape index (κ3) is 4.72. The van der Waals surface area contributed by atoms with Gasteiger partial charge in [-0.25, -0.2) is 8.42 Å². The molecule has 1 heterocycles. The lowest BCUT2D eigenvalue weighted by atomic mass is 10.1. The van der Waals surface area contributed by atoms with E-state index in [9.17, 15) is 13.2 Å². The fraction of sp³-hybridized carbons (Fsp3) is 0.278. The molecule has 1 atom stereocenters. The van der Waals surface area contributed by atoms with Crippen LogP contribution in [0.1, 0.15) is 6.42 Å². The summed E-state index contributed by atoms with van der Waals surface area (Å²) in [6.07, 6.45) is 0.479. The van der Waals surface area contributed by atoms with Crippen LogP contribution in [0.3, 0.4) is 0 Å². The molecule has 7 heteroatoms. The van der Waals surface area contributed by atoms with Crippen LogP contribution in [0.25, 0.3) is 0 Å². The van der Waals surface area contributed by atoms with E-state index in [1.807, 2.05) is 54.6 Å². The summed E-state index contributed by atoms with van der Waals surface area (Å²) < 4.78 is 24.8. The highest BCUT2D eigenvalue weighted by atomic mass is 127. The summed E-state index contributed by atoms with van der Waals surface area (Å²) in [5, 5.41) is 3.12. The largest absolute Gasteiger partial charge is 0.376 e. The number of para-hydroxylation sites is 1. The molecule has 1 saturated heterocycles. The highest BCUT2D eigenvalue weighted by Crippen LogP contribution is 2.24. The predicted octanol–water partition coefficient (Wildman–Crippen LogP) is 2.92. The number of amides is 1. The van der Waals surface area contributed by atoms with Gasteiger partial charge in [0.2, 0.25) is 5.91 Å². The first-order chi connectivity index (χ1) is 11.9. The number of benzene rings is 2. The van der Waals surface area contributed by atoms with Gasteiger partial charge in [-0.3, -0.25) is 4.79 Å². The van der Waals surface area contributed by atoms with Gasteiger partial charge >= 0.3 is 0 Å². The first kappa shape index (κ1) is 18.2. The standard InChI is InChI=1S/C18H19IN2O3S/c19-14-6-8-15(9-7-14)20-12-18(22)21(16-4-2-1-3-5-16)17-10-11-25(23,24)13-17/h1-9,17,20H,10-13H2. The number of nitrogens with zero attached hydrogens (tertiary/aromatic N) is 1. The molecule has 1 unspecified atom stereocenters. The van der Waals surface area contributed by atoms with E-state index in [0.717, 1.165) is 14.9 Å². The van der Waals surface area contributed by atoms with Crippen LogP contribution in [0.15, 0.2) is 54.6 Å². The van der Waals surface area contributed by atoms with Crippen LogP contribution < -0.4 is 10.2 Å². The van der Waals surface area contributed by atoms with E-state index in [1.165, 1.54) is 0 Å². The Bertz CT molecular complexity index is 838. The van der Waals surface area contributed by atoms with Crippen LogP contribution in [0.2, 0.25) is 0 Å². The number of sulfone groups is 1. The molecule has 0 aliphatic carbocycles. The Morgan fingerprint density at radius 1 is 1.12 bits per heavy atom. The van der Waals surface area contributed by atoms with Crippen LogP contribution in [0.4, 0.5) is 11.4 Å². The van der Waals surface area contributed by atoms with Crippen molar-refractivity contribution in [1.82, 2.24) is 0 Å². The van der Waals surface area contributed by atoms with Gasteiger partial charge < -0.3 is 10.2 Å². The quantitative estimate of drug-likeness (QED) is 0.683. The predicted molar refractivity (Wildman–Crippen MR) is 109 cm³/mol. The van der Waals surface area contributed by atoms with E-state index >= 15 is 0 Å². The van der Waals surface area contributed by atoms with E-state index < -0.39 is 9.84 Å². The van der Waals surface area contributed by atoms with Gasteiger partial charge in [0.1, 0.15) is 0 Å². The number of nitrogens with one attached hydrogen (secondary N) is 1. The molecule has 0 bridgehead atoms. The van der Waals surface area contributed by atoms with Crippen molar-refractivity contribution in [3.63, 3.8) is 0 Å². The summed E-state index contributed by atoms with van der Waals surface area (Å²) in [5.74, 6) is 0.0301. The molecule has 0 aromatic heterocycles. The highest BCUT2D eigenvalue weighted by molar-refractivity contribution is 14.1. The normalized spacial score (nSPS) is 18.7. The maximum atomic E-state index is 12.8. The van der Waals surface area contributed by atoms with Crippen LogP contribution in [0.5, 0.6) is 0 Å². The van der Waals surface area contributed by atoms with Gasteiger partial charge in [0.25, 0.3) is 0 Å². The zero-order valence-electron chi connectivity index (χ0n) is 13.6. The Hall–Kier alpha value is -1.61. The minimum atomic E-state index is -3.07. The number of halogens is 1. The van der Waals surface area contributed by atoms with Crippen molar-refractivity contribution < 1.29 is 13.2 Å². The zero-order chi connectivity index (χ0) is 17.9.